The van der Waals surface area contributed by atoms with Gasteiger partial charge in [0.05, 0.1) is 17.3 Å². The maximum Gasteiger partial charge on any atom is 0.258 e. The van der Waals surface area contributed by atoms with Crippen LogP contribution in [0.2, 0.25) is 0 Å². The molecule has 1 aliphatic carbocycles. The van der Waals surface area contributed by atoms with Gasteiger partial charge in [0, 0.05) is 13.1 Å². The summed E-state index contributed by atoms with van der Waals surface area (Å²) in [4.78, 5) is 13.7. The number of rotatable bonds is 4. The Balaban J connectivity index is 2.30. The highest BCUT2D eigenvalue weighted by atomic mass is 19.1. The molecule has 94 valence electrons. The molecule has 0 aliphatic heterocycles. The Morgan fingerprint density at radius 2 is 2.33 bits per heavy atom. The lowest BCUT2D eigenvalue weighted by molar-refractivity contribution is 0.0760. The number of nitrogens with one attached hydrogen (secondary N) is 1. The molecule has 0 unspecified atom stereocenters. The maximum absolute atomic E-state index is 14.0. The maximum atomic E-state index is 14.0. The lowest BCUT2D eigenvalue weighted by Gasteiger charge is -2.19. The predicted molar refractivity (Wildman–Crippen MR) is 65.6 cm³/mol. The lowest BCUT2D eigenvalue weighted by Crippen LogP contribution is -2.34. The number of anilines is 1. The molecule has 18 heavy (non-hydrogen) atoms. The molecule has 1 fully saturated rings. The molecule has 1 amide bonds. The molecular formula is C13H14FN3O. The molecule has 0 bridgehead atoms. The van der Waals surface area contributed by atoms with Crippen LogP contribution in [0, 0.1) is 17.1 Å². The largest absolute Gasteiger partial charge is 0.386 e. The number of nitriles is 1. The van der Waals surface area contributed by atoms with Crippen LogP contribution in [0.15, 0.2) is 18.2 Å². The Morgan fingerprint density at radius 1 is 1.61 bits per heavy atom. The fourth-order valence-electron chi connectivity index (χ4n) is 1.87. The summed E-state index contributed by atoms with van der Waals surface area (Å²) in [7, 11) is 1.60. The van der Waals surface area contributed by atoms with Gasteiger partial charge in [0.1, 0.15) is 6.54 Å². The molecular weight excluding hydrogens is 233 g/mol. The molecule has 1 aromatic rings. The van der Waals surface area contributed by atoms with E-state index in [9.17, 15) is 9.18 Å². The SMILES string of the molecule is CNc1cccc(C(=O)N(CC#N)C2CC2)c1F. The first-order chi connectivity index (χ1) is 8.69. The second-order valence-electron chi connectivity index (χ2n) is 4.24. The number of carbonyl (C=O) groups excluding carboxylic acids is 1. The molecule has 0 spiro atoms. The van der Waals surface area contributed by atoms with Crippen LogP contribution >= 0.6 is 0 Å². The van der Waals surface area contributed by atoms with E-state index in [1.54, 1.807) is 19.2 Å². The number of hydrogen-bond acceptors (Lipinski definition) is 3. The van der Waals surface area contributed by atoms with E-state index in [4.69, 9.17) is 5.26 Å². The van der Waals surface area contributed by atoms with Gasteiger partial charge in [-0.3, -0.25) is 4.79 Å². The fourth-order valence-corrected chi connectivity index (χ4v) is 1.87. The van der Waals surface area contributed by atoms with Gasteiger partial charge in [-0.1, -0.05) is 6.07 Å². The predicted octanol–water partition coefficient (Wildman–Crippen LogP) is 2.00. The van der Waals surface area contributed by atoms with Crippen molar-refractivity contribution in [2.75, 3.05) is 18.9 Å². The Kier molecular flexibility index (Phi) is 3.47. The molecule has 0 radical (unpaired) electrons. The van der Waals surface area contributed by atoms with Crippen molar-refractivity contribution >= 4 is 11.6 Å². The Morgan fingerprint density at radius 3 is 2.89 bits per heavy atom. The first-order valence-corrected chi connectivity index (χ1v) is 5.83. The lowest BCUT2D eigenvalue weighted by atomic mass is 10.1. The second-order valence-corrected chi connectivity index (χ2v) is 4.24. The van der Waals surface area contributed by atoms with Gasteiger partial charge in [-0.15, -0.1) is 0 Å². The summed E-state index contributed by atoms with van der Waals surface area (Å²) in [5.41, 5.74) is 0.303. The first-order valence-electron chi connectivity index (χ1n) is 5.83. The van der Waals surface area contributed by atoms with Gasteiger partial charge < -0.3 is 10.2 Å². The van der Waals surface area contributed by atoms with Crippen LogP contribution in [-0.2, 0) is 0 Å². The number of nitrogens with zero attached hydrogens (tertiary/aromatic N) is 2. The third kappa shape index (κ3) is 2.28. The van der Waals surface area contributed by atoms with Gasteiger partial charge in [-0.25, -0.2) is 4.39 Å². The zero-order valence-corrected chi connectivity index (χ0v) is 10.1. The number of benzene rings is 1. The Hall–Kier alpha value is -2.09. The average Bonchev–Trinajstić information content (AvgIpc) is 3.20. The number of carbonyl (C=O) groups is 1. The van der Waals surface area contributed by atoms with Crippen molar-refractivity contribution in [1.82, 2.24) is 4.90 Å². The van der Waals surface area contributed by atoms with Crippen molar-refractivity contribution in [3.05, 3.63) is 29.6 Å². The normalized spacial score (nSPS) is 13.8. The molecule has 2 rings (SSSR count). The Bertz CT molecular complexity index is 505. The van der Waals surface area contributed by atoms with Gasteiger partial charge in [-0.2, -0.15) is 5.26 Å². The van der Waals surface area contributed by atoms with Crippen LogP contribution in [-0.4, -0.2) is 30.4 Å². The number of hydrogen-bond donors (Lipinski definition) is 1. The molecule has 0 atom stereocenters. The summed E-state index contributed by atoms with van der Waals surface area (Å²) in [6.45, 7) is 0.00667. The van der Waals surface area contributed by atoms with Crippen molar-refractivity contribution in [2.24, 2.45) is 0 Å². The van der Waals surface area contributed by atoms with Crippen molar-refractivity contribution < 1.29 is 9.18 Å². The molecule has 1 aromatic carbocycles. The topological polar surface area (TPSA) is 56.1 Å². The van der Waals surface area contributed by atoms with Crippen molar-refractivity contribution in [3.63, 3.8) is 0 Å². The van der Waals surface area contributed by atoms with Crippen LogP contribution in [0.25, 0.3) is 0 Å². The number of halogens is 1. The Labute approximate surface area is 105 Å². The smallest absolute Gasteiger partial charge is 0.258 e. The van der Waals surface area contributed by atoms with E-state index in [0.717, 1.165) is 12.8 Å². The van der Waals surface area contributed by atoms with Crippen LogP contribution in [0.5, 0.6) is 0 Å². The first kappa shape index (κ1) is 12.4. The molecule has 0 aromatic heterocycles. The molecule has 1 N–H and O–H groups in total. The summed E-state index contributed by atoms with van der Waals surface area (Å²) in [5, 5.41) is 11.4. The van der Waals surface area contributed by atoms with Crippen LogP contribution in [0.3, 0.4) is 0 Å². The monoisotopic (exact) mass is 247 g/mol. The van der Waals surface area contributed by atoms with E-state index in [2.05, 4.69) is 5.32 Å². The van der Waals surface area contributed by atoms with Crippen molar-refractivity contribution in [1.29, 1.82) is 5.26 Å². The minimum absolute atomic E-state index is 0.00667. The molecule has 1 aliphatic rings. The van der Waals surface area contributed by atoms with Gasteiger partial charge in [0.2, 0.25) is 0 Å². The van der Waals surface area contributed by atoms with Crippen LogP contribution in [0.4, 0.5) is 10.1 Å². The van der Waals surface area contributed by atoms with E-state index < -0.39 is 11.7 Å². The molecule has 0 saturated heterocycles. The molecule has 0 heterocycles. The minimum Gasteiger partial charge on any atom is -0.386 e. The van der Waals surface area contributed by atoms with Crippen LogP contribution < -0.4 is 5.32 Å². The van der Waals surface area contributed by atoms with E-state index in [1.165, 1.54) is 11.0 Å². The minimum atomic E-state index is -0.561. The van der Waals surface area contributed by atoms with Gasteiger partial charge in [0.25, 0.3) is 5.91 Å². The number of amides is 1. The highest BCUT2D eigenvalue weighted by molar-refractivity contribution is 5.96. The average molecular weight is 247 g/mol. The summed E-state index contributed by atoms with van der Waals surface area (Å²) in [6, 6.07) is 6.69. The zero-order chi connectivity index (χ0) is 13.1. The highest BCUT2D eigenvalue weighted by Crippen LogP contribution is 2.29. The highest BCUT2D eigenvalue weighted by Gasteiger charge is 2.34. The standard InChI is InChI=1S/C13H14FN3O/c1-16-11-4-2-3-10(12(11)14)13(18)17(8-7-15)9-5-6-9/h2-4,9,16H,5-6,8H2,1H3. The third-order valence-corrected chi connectivity index (χ3v) is 2.99. The van der Waals surface area contributed by atoms with Crippen molar-refractivity contribution in [2.45, 2.75) is 18.9 Å². The van der Waals surface area contributed by atoms with E-state index in [0.29, 0.717) is 0 Å². The van der Waals surface area contributed by atoms with E-state index in [-0.39, 0.29) is 23.8 Å². The fraction of sp³-hybridized carbons (Fsp3) is 0.385. The van der Waals surface area contributed by atoms with E-state index in [1.807, 2.05) is 6.07 Å². The summed E-state index contributed by atoms with van der Waals surface area (Å²) in [5.74, 6) is -0.970. The van der Waals surface area contributed by atoms with Gasteiger partial charge in [-0.05, 0) is 25.0 Å². The summed E-state index contributed by atoms with van der Waals surface area (Å²) in [6.07, 6.45) is 1.78. The van der Waals surface area contributed by atoms with Crippen molar-refractivity contribution in [3.8, 4) is 6.07 Å². The van der Waals surface area contributed by atoms with Gasteiger partial charge in [0.15, 0.2) is 5.82 Å². The molecule has 1 saturated carbocycles. The van der Waals surface area contributed by atoms with Gasteiger partial charge >= 0.3 is 0 Å². The molecule has 5 heteroatoms. The van der Waals surface area contributed by atoms with E-state index >= 15 is 0 Å². The quantitative estimate of drug-likeness (QED) is 0.828. The summed E-state index contributed by atoms with van der Waals surface area (Å²) >= 11 is 0. The summed E-state index contributed by atoms with van der Waals surface area (Å²) < 4.78 is 14.0. The molecule has 4 nitrogen and oxygen atoms in total. The van der Waals surface area contributed by atoms with Crippen LogP contribution in [0.1, 0.15) is 23.2 Å². The third-order valence-electron chi connectivity index (χ3n) is 2.99. The second kappa shape index (κ2) is 5.05. The zero-order valence-electron chi connectivity index (χ0n) is 10.1.